The predicted octanol–water partition coefficient (Wildman–Crippen LogP) is 1.65. The Hall–Kier alpha value is -0.120. The molecule has 1 saturated heterocycles. The van der Waals surface area contributed by atoms with Gasteiger partial charge in [0.15, 0.2) is 0 Å². The maximum atomic E-state index is 3.64. The Morgan fingerprint density at radius 2 is 1.94 bits per heavy atom. The Kier molecular flexibility index (Phi) is 7.09. The maximum absolute atomic E-state index is 3.64. The highest BCUT2D eigenvalue weighted by atomic mass is 15.2. The van der Waals surface area contributed by atoms with Crippen molar-refractivity contribution in [3.8, 4) is 0 Å². The first-order chi connectivity index (χ1) is 8.11. The van der Waals surface area contributed by atoms with Gasteiger partial charge in [0, 0.05) is 19.1 Å². The van der Waals surface area contributed by atoms with Gasteiger partial charge in [0.05, 0.1) is 0 Å². The van der Waals surface area contributed by atoms with Crippen LogP contribution in [0, 0.1) is 5.92 Å². The van der Waals surface area contributed by atoms with Crippen molar-refractivity contribution in [3.05, 3.63) is 0 Å². The third-order valence-electron chi connectivity index (χ3n) is 3.94. The first kappa shape index (κ1) is 14.9. The van der Waals surface area contributed by atoms with Crippen molar-refractivity contribution in [1.29, 1.82) is 0 Å². The fraction of sp³-hybridized carbons (Fsp3) is 1.00. The van der Waals surface area contributed by atoms with Crippen LogP contribution in [-0.2, 0) is 0 Å². The van der Waals surface area contributed by atoms with E-state index < -0.39 is 0 Å². The van der Waals surface area contributed by atoms with Crippen LogP contribution in [0.3, 0.4) is 0 Å². The lowest BCUT2D eigenvalue weighted by atomic mass is 9.96. The van der Waals surface area contributed by atoms with Crippen molar-refractivity contribution in [1.82, 2.24) is 15.1 Å². The van der Waals surface area contributed by atoms with Crippen LogP contribution in [0.25, 0.3) is 0 Å². The number of piperidine rings is 1. The van der Waals surface area contributed by atoms with E-state index in [2.05, 4.69) is 43.1 Å². The summed E-state index contributed by atoms with van der Waals surface area (Å²) < 4.78 is 0. The van der Waals surface area contributed by atoms with Gasteiger partial charge < -0.3 is 15.1 Å². The van der Waals surface area contributed by atoms with Gasteiger partial charge in [-0.15, -0.1) is 0 Å². The minimum absolute atomic E-state index is 0.682. The summed E-state index contributed by atoms with van der Waals surface area (Å²) in [5.41, 5.74) is 0. The molecule has 1 rings (SSSR count). The molecule has 1 fully saturated rings. The lowest BCUT2D eigenvalue weighted by molar-refractivity contribution is 0.167. The number of rotatable bonds is 7. The van der Waals surface area contributed by atoms with Crippen molar-refractivity contribution in [2.75, 3.05) is 46.8 Å². The summed E-state index contributed by atoms with van der Waals surface area (Å²) in [5, 5.41) is 3.64. The summed E-state index contributed by atoms with van der Waals surface area (Å²) in [6.07, 6.45) is 3.98. The zero-order chi connectivity index (χ0) is 12.7. The van der Waals surface area contributed by atoms with Gasteiger partial charge in [0.2, 0.25) is 0 Å². The Balaban J connectivity index is 2.09. The van der Waals surface area contributed by atoms with Crippen molar-refractivity contribution >= 4 is 0 Å². The second kappa shape index (κ2) is 8.06. The van der Waals surface area contributed by atoms with Gasteiger partial charge in [-0.25, -0.2) is 0 Å². The molecule has 3 nitrogen and oxygen atoms in total. The minimum atomic E-state index is 0.682. The van der Waals surface area contributed by atoms with Crippen molar-refractivity contribution < 1.29 is 0 Å². The van der Waals surface area contributed by atoms with E-state index in [1.165, 1.54) is 52.0 Å². The molecule has 0 bridgehead atoms. The molecule has 1 atom stereocenters. The standard InChI is InChI=1S/C14H31N3/c1-5-13(2)15-12-14-6-8-17(9-7-14)11-10-16(3)4/h13-15H,5-12H2,1-4H3. The summed E-state index contributed by atoms with van der Waals surface area (Å²) in [6, 6.07) is 0.682. The molecule has 0 spiro atoms. The van der Waals surface area contributed by atoms with Gasteiger partial charge in [-0.3, -0.25) is 0 Å². The predicted molar refractivity (Wildman–Crippen MR) is 75.5 cm³/mol. The zero-order valence-corrected chi connectivity index (χ0v) is 12.2. The molecule has 1 aliphatic rings. The zero-order valence-electron chi connectivity index (χ0n) is 12.2. The number of hydrogen-bond donors (Lipinski definition) is 1. The number of nitrogens with one attached hydrogen (secondary N) is 1. The average Bonchev–Trinajstić information content (AvgIpc) is 2.34. The van der Waals surface area contributed by atoms with E-state index in [0.717, 1.165) is 5.92 Å². The fourth-order valence-electron chi connectivity index (χ4n) is 2.27. The van der Waals surface area contributed by atoms with E-state index in [1.54, 1.807) is 0 Å². The molecule has 1 aliphatic heterocycles. The molecule has 1 heterocycles. The van der Waals surface area contributed by atoms with Crippen LogP contribution in [0.4, 0.5) is 0 Å². The highest BCUT2D eigenvalue weighted by Crippen LogP contribution is 2.16. The number of likely N-dealkylation sites (tertiary alicyclic amines) is 1. The van der Waals surface area contributed by atoms with Gasteiger partial charge >= 0.3 is 0 Å². The van der Waals surface area contributed by atoms with E-state index >= 15 is 0 Å². The third-order valence-corrected chi connectivity index (χ3v) is 3.94. The van der Waals surface area contributed by atoms with Gasteiger partial charge in [0.25, 0.3) is 0 Å². The van der Waals surface area contributed by atoms with Crippen LogP contribution in [0.15, 0.2) is 0 Å². The van der Waals surface area contributed by atoms with Gasteiger partial charge in [-0.1, -0.05) is 6.92 Å². The highest BCUT2D eigenvalue weighted by Gasteiger charge is 2.18. The van der Waals surface area contributed by atoms with Gasteiger partial charge in [0.1, 0.15) is 0 Å². The van der Waals surface area contributed by atoms with Crippen LogP contribution in [-0.4, -0.2) is 62.7 Å². The van der Waals surface area contributed by atoms with E-state index in [-0.39, 0.29) is 0 Å². The normalized spacial score (nSPS) is 21.0. The lowest BCUT2D eigenvalue weighted by Crippen LogP contribution is -2.41. The summed E-state index contributed by atoms with van der Waals surface area (Å²) in [5.74, 6) is 0.902. The Morgan fingerprint density at radius 1 is 1.29 bits per heavy atom. The molecule has 0 radical (unpaired) electrons. The number of likely N-dealkylation sites (N-methyl/N-ethyl adjacent to an activating group) is 1. The molecular formula is C14H31N3. The van der Waals surface area contributed by atoms with Gasteiger partial charge in [-0.2, -0.15) is 0 Å². The molecule has 1 N–H and O–H groups in total. The molecule has 17 heavy (non-hydrogen) atoms. The van der Waals surface area contributed by atoms with Crippen LogP contribution in [0.2, 0.25) is 0 Å². The smallest absolute Gasteiger partial charge is 0.0109 e. The summed E-state index contributed by atoms with van der Waals surface area (Å²) >= 11 is 0. The summed E-state index contributed by atoms with van der Waals surface area (Å²) in [4.78, 5) is 4.89. The third kappa shape index (κ3) is 6.39. The molecular weight excluding hydrogens is 210 g/mol. The second-order valence-corrected chi connectivity index (χ2v) is 5.81. The van der Waals surface area contributed by atoms with Crippen molar-refractivity contribution in [3.63, 3.8) is 0 Å². The number of nitrogens with zero attached hydrogens (tertiary/aromatic N) is 2. The molecule has 0 aromatic rings. The SMILES string of the molecule is CCC(C)NCC1CCN(CCN(C)C)CC1. The summed E-state index contributed by atoms with van der Waals surface area (Å²) in [7, 11) is 4.31. The van der Waals surface area contributed by atoms with E-state index in [9.17, 15) is 0 Å². The molecule has 1 unspecified atom stereocenters. The van der Waals surface area contributed by atoms with Crippen LogP contribution in [0.5, 0.6) is 0 Å². The monoisotopic (exact) mass is 241 g/mol. The van der Waals surface area contributed by atoms with E-state index in [1.807, 2.05) is 0 Å². The van der Waals surface area contributed by atoms with Crippen LogP contribution < -0.4 is 5.32 Å². The van der Waals surface area contributed by atoms with Crippen molar-refractivity contribution in [2.24, 2.45) is 5.92 Å². The van der Waals surface area contributed by atoms with Crippen LogP contribution >= 0.6 is 0 Å². The Morgan fingerprint density at radius 3 is 2.47 bits per heavy atom. The quantitative estimate of drug-likeness (QED) is 0.731. The lowest BCUT2D eigenvalue weighted by Gasteiger charge is -2.33. The van der Waals surface area contributed by atoms with Crippen LogP contribution in [0.1, 0.15) is 33.1 Å². The topological polar surface area (TPSA) is 18.5 Å². The molecule has 0 aromatic carbocycles. The maximum Gasteiger partial charge on any atom is 0.0109 e. The average molecular weight is 241 g/mol. The van der Waals surface area contributed by atoms with Crippen molar-refractivity contribution in [2.45, 2.75) is 39.2 Å². The number of hydrogen-bond acceptors (Lipinski definition) is 3. The molecule has 0 aromatic heterocycles. The molecule has 102 valence electrons. The highest BCUT2D eigenvalue weighted by molar-refractivity contribution is 4.75. The molecule has 3 heteroatoms. The van der Waals surface area contributed by atoms with Gasteiger partial charge in [-0.05, 0) is 65.8 Å². The molecule has 0 amide bonds. The first-order valence-corrected chi connectivity index (χ1v) is 7.22. The summed E-state index contributed by atoms with van der Waals surface area (Å²) in [6.45, 7) is 10.8. The fourth-order valence-corrected chi connectivity index (χ4v) is 2.27. The van der Waals surface area contributed by atoms with E-state index in [4.69, 9.17) is 0 Å². The molecule has 0 aliphatic carbocycles. The second-order valence-electron chi connectivity index (χ2n) is 5.81. The Bertz CT molecular complexity index is 186. The Labute approximate surface area is 108 Å². The minimum Gasteiger partial charge on any atom is -0.314 e. The van der Waals surface area contributed by atoms with E-state index in [0.29, 0.717) is 6.04 Å². The largest absolute Gasteiger partial charge is 0.314 e. The first-order valence-electron chi connectivity index (χ1n) is 7.22. The molecule has 0 saturated carbocycles.